The number of primary amides is 1. The Hall–Kier alpha value is -1.88. The smallest absolute Gasteiger partial charge is 0.254 e. The molecule has 128 valence electrons. The maximum absolute atomic E-state index is 12.1. The Balaban J connectivity index is 2.42. The Labute approximate surface area is 138 Å². The number of amides is 2. The van der Waals surface area contributed by atoms with Gasteiger partial charge in [0.05, 0.1) is 0 Å². The molecule has 1 aromatic carbocycles. The number of benzene rings is 1. The van der Waals surface area contributed by atoms with Crippen LogP contribution in [0, 0.1) is 0 Å². The Kier molecular flexibility index (Phi) is 8.98. The fraction of sp³-hybridized carbons (Fsp3) is 0.556. The molecular weight excluding hydrogens is 292 g/mol. The van der Waals surface area contributed by atoms with E-state index in [0.29, 0.717) is 12.0 Å². The highest BCUT2D eigenvalue weighted by molar-refractivity contribution is 5.88. The first-order valence-corrected chi connectivity index (χ1v) is 8.39. The van der Waals surface area contributed by atoms with Crippen molar-refractivity contribution in [3.05, 3.63) is 35.9 Å². The van der Waals surface area contributed by atoms with Gasteiger partial charge in [0.1, 0.15) is 6.04 Å². The number of unbranched alkanes of at least 4 members (excludes halogenated alkanes) is 5. The minimum Gasteiger partial charge on any atom is -0.378 e. The number of carbonyl (C=O) groups is 2. The van der Waals surface area contributed by atoms with Crippen molar-refractivity contribution >= 4 is 11.8 Å². The lowest BCUT2D eigenvalue weighted by atomic mass is 10.0. The van der Waals surface area contributed by atoms with Crippen molar-refractivity contribution in [2.75, 3.05) is 0 Å². The Bertz CT molecular complexity index is 476. The SMILES string of the molecule is CCCCCCCC[C@@H](NC(=O)[C@@H](O)c1ccccc1)C(N)=O. The largest absolute Gasteiger partial charge is 0.378 e. The maximum atomic E-state index is 12.1. The third-order valence-corrected chi connectivity index (χ3v) is 3.87. The molecule has 5 nitrogen and oxygen atoms in total. The van der Waals surface area contributed by atoms with E-state index in [1.807, 2.05) is 0 Å². The average Bonchev–Trinajstić information content (AvgIpc) is 2.56. The average molecular weight is 320 g/mol. The molecule has 1 rings (SSSR count). The Morgan fingerprint density at radius 2 is 1.70 bits per heavy atom. The first kappa shape index (κ1) is 19.2. The second kappa shape index (κ2) is 10.8. The summed E-state index contributed by atoms with van der Waals surface area (Å²) in [5.41, 5.74) is 5.84. The van der Waals surface area contributed by atoms with Crippen LogP contribution in [0.2, 0.25) is 0 Å². The first-order valence-electron chi connectivity index (χ1n) is 8.39. The van der Waals surface area contributed by atoms with Crippen LogP contribution in [0.1, 0.15) is 63.5 Å². The number of hydrogen-bond donors (Lipinski definition) is 3. The van der Waals surface area contributed by atoms with E-state index >= 15 is 0 Å². The lowest BCUT2D eigenvalue weighted by Crippen LogP contribution is -2.46. The van der Waals surface area contributed by atoms with Crippen LogP contribution in [-0.4, -0.2) is 23.0 Å². The van der Waals surface area contributed by atoms with E-state index in [0.717, 1.165) is 19.3 Å². The zero-order valence-electron chi connectivity index (χ0n) is 13.8. The third-order valence-electron chi connectivity index (χ3n) is 3.87. The molecule has 23 heavy (non-hydrogen) atoms. The molecule has 2 atom stereocenters. The molecule has 0 radical (unpaired) electrons. The molecule has 4 N–H and O–H groups in total. The number of nitrogens with two attached hydrogens (primary N) is 1. The lowest BCUT2D eigenvalue weighted by molar-refractivity contribution is -0.133. The highest BCUT2D eigenvalue weighted by Crippen LogP contribution is 2.13. The Morgan fingerprint density at radius 1 is 1.09 bits per heavy atom. The van der Waals surface area contributed by atoms with Crippen LogP contribution < -0.4 is 11.1 Å². The number of aliphatic hydroxyl groups is 1. The summed E-state index contributed by atoms with van der Waals surface area (Å²) in [6, 6.07) is 7.89. The molecule has 0 saturated carbocycles. The molecule has 2 amide bonds. The summed E-state index contributed by atoms with van der Waals surface area (Å²) in [5, 5.41) is 12.6. The van der Waals surface area contributed by atoms with Gasteiger partial charge >= 0.3 is 0 Å². The zero-order chi connectivity index (χ0) is 17.1. The van der Waals surface area contributed by atoms with Crippen molar-refractivity contribution in [3.63, 3.8) is 0 Å². The summed E-state index contributed by atoms with van der Waals surface area (Å²) in [4.78, 5) is 23.5. The van der Waals surface area contributed by atoms with Gasteiger partial charge in [0.15, 0.2) is 6.10 Å². The van der Waals surface area contributed by atoms with Crippen molar-refractivity contribution in [2.45, 2.75) is 64.0 Å². The summed E-state index contributed by atoms with van der Waals surface area (Å²) in [6.07, 6.45) is 5.80. The molecule has 0 aliphatic carbocycles. The highest BCUT2D eigenvalue weighted by Gasteiger charge is 2.23. The summed E-state index contributed by atoms with van der Waals surface area (Å²) in [5.74, 6) is -1.15. The molecule has 0 aromatic heterocycles. The summed E-state index contributed by atoms with van der Waals surface area (Å²) in [7, 11) is 0. The van der Waals surface area contributed by atoms with Gasteiger partial charge in [-0.25, -0.2) is 0 Å². The number of rotatable bonds is 11. The van der Waals surface area contributed by atoms with Crippen molar-refractivity contribution in [1.29, 1.82) is 0 Å². The van der Waals surface area contributed by atoms with Gasteiger partial charge in [0.25, 0.3) is 5.91 Å². The van der Waals surface area contributed by atoms with Crippen molar-refractivity contribution in [3.8, 4) is 0 Å². The van der Waals surface area contributed by atoms with Crippen LogP contribution >= 0.6 is 0 Å². The number of carbonyl (C=O) groups excluding carboxylic acids is 2. The van der Waals surface area contributed by atoms with Gasteiger partial charge in [-0.15, -0.1) is 0 Å². The molecule has 0 aliphatic rings. The molecule has 0 fully saturated rings. The second-order valence-corrected chi connectivity index (χ2v) is 5.83. The monoisotopic (exact) mass is 320 g/mol. The molecular formula is C18H28N2O3. The predicted molar refractivity (Wildman–Crippen MR) is 90.5 cm³/mol. The number of aliphatic hydroxyl groups excluding tert-OH is 1. The molecule has 0 heterocycles. The lowest BCUT2D eigenvalue weighted by Gasteiger charge is -2.18. The van der Waals surface area contributed by atoms with E-state index in [1.54, 1.807) is 30.3 Å². The highest BCUT2D eigenvalue weighted by atomic mass is 16.3. The van der Waals surface area contributed by atoms with E-state index in [4.69, 9.17) is 5.73 Å². The second-order valence-electron chi connectivity index (χ2n) is 5.83. The predicted octanol–water partition coefficient (Wildman–Crippen LogP) is 2.44. The van der Waals surface area contributed by atoms with Crippen LogP contribution in [0.4, 0.5) is 0 Å². The third kappa shape index (κ3) is 7.28. The fourth-order valence-electron chi connectivity index (χ4n) is 2.45. The van der Waals surface area contributed by atoms with Gasteiger partial charge in [0.2, 0.25) is 5.91 Å². The van der Waals surface area contributed by atoms with Crippen molar-refractivity contribution < 1.29 is 14.7 Å². The molecule has 0 saturated heterocycles. The van der Waals surface area contributed by atoms with E-state index in [2.05, 4.69) is 12.2 Å². The number of hydrogen-bond acceptors (Lipinski definition) is 3. The number of nitrogens with one attached hydrogen (secondary N) is 1. The minimum absolute atomic E-state index is 0.493. The van der Waals surface area contributed by atoms with E-state index in [9.17, 15) is 14.7 Å². The normalized spacial score (nSPS) is 13.3. The molecule has 5 heteroatoms. The van der Waals surface area contributed by atoms with Crippen LogP contribution in [0.25, 0.3) is 0 Å². The van der Waals surface area contributed by atoms with Crippen LogP contribution in [-0.2, 0) is 9.59 Å². The molecule has 0 spiro atoms. The van der Waals surface area contributed by atoms with E-state index in [1.165, 1.54) is 19.3 Å². The molecule has 0 aliphatic heterocycles. The molecule has 1 aromatic rings. The van der Waals surface area contributed by atoms with Crippen molar-refractivity contribution in [2.24, 2.45) is 5.73 Å². The zero-order valence-corrected chi connectivity index (χ0v) is 13.8. The maximum Gasteiger partial charge on any atom is 0.254 e. The van der Waals surface area contributed by atoms with Crippen LogP contribution in [0.15, 0.2) is 30.3 Å². The summed E-state index contributed by atoms with van der Waals surface area (Å²) in [6.45, 7) is 2.16. The van der Waals surface area contributed by atoms with E-state index < -0.39 is 24.0 Å². The first-order chi connectivity index (χ1) is 11.1. The quantitative estimate of drug-likeness (QED) is 0.547. The molecule has 0 bridgehead atoms. The minimum atomic E-state index is -1.29. The van der Waals surface area contributed by atoms with Crippen molar-refractivity contribution in [1.82, 2.24) is 5.32 Å². The van der Waals surface area contributed by atoms with Gasteiger partial charge in [0, 0.05) is 0 Å². The standard InChI is InChI=1S/C18H28N2O3/c1-2-3-4-5-6-10-13-15(17(19)22)20-18(23)16(21)14-11-8-7-9-12-14/h7-9,11-12,15-16,21H,2-6,10,13H2,1H3,(H2,19,22)(H,20,23)/t15-,16+/m1/s1. The van der Waals surface area contributed by atoms with Gasteiger partial charge in [-0.05, 0) is 12.0 Å². The van der Waals surface area contributed by atoms with Gasteiger partial charge in [-0.1, -0.05) is 75.8 Å². The Morgan fingerprint density at radius 3 is 2.30 bits per heavy atom. The van der Waals surface area contributed by atoms with Gasteiger partial charge in [-0.2, -0.15) is 0 Å². The summed E-state index contributed by atoms with van der Waals surface area (Å²) >= 11 is 0. The van der Waals surface area contributed by atoms with Crippen LogP contribution in [0.3, 0.4) is 0 Å². The van der Waals surface area contributed by atoms with E-state index in [-0.39, 0.29) is 0 Å². The van der Waals surface area contributed by atoms with Gasteiger partial charge in [-0.3, -0.25) is 9.59 Å². The molecule has 0 unspecified atom stereocenters. The summed E-state index contributed by atoms with van der Waals surface area (Å²) < 4.78 is 0. The topological polar surface area (TPSA) is 92.4 Å². The van der Waals surface area contributed by atoms with Crippen LogP contribution in [0.5, 0.6) is 0 Å². The van der Waals surface area contributed by atoms with Gasteiger partial charge < -0.3 is 16.2 Å². The fourth-order valence-corrected chi connectivity index (χ4v) is 2.45.